The van der Waals surface area contributed by atoms with Gasteiger partial charge < -0.3 is 10.8 Å². The molecule has 1 atom stereocenters. The normalized spacial score (nSPS) is 13.9. The predicted octanol–water partition coefficient (Wildman–Crippen LogP) is 1.63. The van der Waals surface area contributed by atoms with Crippen LogP contribution in [0.5, 0.6) is 0 Å². The molecule has 1 rings (SSSR count). The summed E-state index contributed by atoms with van der Waals surface area (Å²) in [6, 6.07) is 3.21. The van der Waals surface area contributed by atoms with Gasteiger partial charge in [-0.15, -0.1) is 0 Å². The molecule has 0 bridgehead atoms. The Kier molecular flexibility index (Phi) is 5.65. The molecule has 0 aliphatic heterocycles. The van der Waals surface area contributed by atoms with Crippen LogP contribution in [0.25, 0.3) is 0 Å². The van der Waals surface area contributed by atoms with Crippen LogP contribution in [0.3, 0.4) is 0 Å². The van der Waals surface area contributed by atoms with Crippen molar-refractivity contribution in [2.75, 3.05) is 5.75 Å². The van der Waals surface area contributed by atoms with Crippen molar-refractivity contribution in [2.45, 2.75) is 22.2 Å². The SMILES string of the molecule is N[C@@H](CSCc1ccc(S(=O)(=O)C(F)(F)F)cc1)C(=O)O. The molecular formula is C11H12F3NO4S2. The fourth-order valence-corrected chi connectivity index (χ4v) is 2.98. The first-order chi connectivity index (χ1) is 9.55. The van der Waals surface area contributed by atoms with Gasteiger partial charge in [0.1, 0.15) is 6.04 Å². The molecule has 0 radical (unpaired) electrons. The van der Waals surface area contributed by atoms with Gasteiger partial charge in [-0.1, -0.05) is 12.1 Å². The lowest BCUT2D eigenvalue weighted by molar-refractivity contribution is -0.137. The van der Waals surface area contributed by atoms with Gasteiger partial charge in [0.05, 0.1) is 4.90 Å². The summed E-state index contributed by atoms with van der Waals surface area (Å²) in [5.74, 6) is -0.695. The van der Waals surface area contributed by atoms with Gasteiger partial charge in [-0.3, -0.25) is 4.79 Å². The maximum atomic E-state index is 12.3. The van der Waals surface area contributed by atoms with E-state index in [0.717, 1.165) is 12.1 Å². The molecule has 0 heterocycles. The van der Waals surface area contributed by atoms with E-state index in [9.17, 15) is 26.4 Å². The summed E-state index contributed by atoms with van der Waals surface area (Å²) in [5.41, 5.74) is 0.517. The summed E-state index contributed by atoms with van der Waals surface area (Å²) in [5, 5.41) is 8.57. The number of carboxylic acids is 1. The van der Waals surface area contributed by atoms with Gasteiger partial charge in [0.15, 0.2) is 0 Å². The van der Waals surface area contributed by atoms with Crippen molar-refractivity contribution < 1.29 is 31.5 Å². The second-order valence-corrected chi connectivity index (χ2v) is 7.02. The van der Waals surface area contributed by atoms with E-state index >= 15 is 0 Å². The van der Waals surface area contributed by atoms with Crippen molar-refractivity contribution in [3.8, 4) is 0 Å². The average molecular weight is 343 g/mol. The molecule has 0 saturated carbocycles. The number of hydrogen-bond acceptors (Lipinski definition) is 5. The maximum absolute atomic E-state index is 12.3. The first-order valence-corrected chi connectivity index (χ1v) is 8.16. The number of benzene rings is 1. The lowest BCUT2D eigenvalue weighted by atomic mass is 10.2. The van der Waals surface area contributed by atoms with E-state index in [2.05, 4.69) is 0 Å². The molecule has 0 aliphatic rings. The highest BCUT2D eigenvalue weighted by Gasteiger charge is 2.46. The van der Waals surface area contributed by atoms with Gasteiger partial charge in [-0.05, 0) is 17.7 Å². The third-order valence-corrected chi connectivity index (χ3v) is 5.06. The number of nitrogens with two attached hydrogens (primary N) is 1. The van der Waals surface area contributed by atoms with E-state index in [0.29, 0.717) is 11.3 Å². The van der Waals surface area contributed by atoms with Crippen LogP contribution in [0.2, 0.25) is 0 Å². The highest BCUT2D eigenvalue weighted by atomic mass is 32.2. The van der Waals surface area contributed by atoms with Gasteiger partial charge in [0.2, 0.25) is 0 Å². The van der Waals surface area contributed by atoms with Crippen molar-refractivity contribution in [3.63, 3.8) is 0 Å². The van der Waals surface area contributed by atoms with Crippen LogP contribution < -0.4 is 5.73 Å². The van der Waals surface area contributed by atoms with E-state index < -0.39 is 32.3 Å². The fourth-order valence-electron chi connectivity index (χ4n) is 1.27. The number of halogens is 3. The Hall–Kier alpha value is -1.26. The third-order valence-electron chi connectivity index (χ3n) is 2.42. The maximum Gasteiger partial charge on any atom is 0.501 e. The zero-order valence-electron chi connectivity index (χ0n) is 10.5. The molecule has 0 aromatic heterocycles. The van der Waals surface area contributed by atoms with Crippen molar-refractivity contribution in [1.29, 1.82) is 0 Å². The van der Waals surface area contributed by atoms with Crippen LogP contribution in [0.4, 0.5) is 13.2 Å². The van der Waals surface area contributed by atoms with Crippen molar-refractivity contribution in [1.82, 2.24) is 0 Å². The summed E-state index contributed by atoms with van der Waals surface area (Å²) >= 11 is 1.18. The number of rotatable bonds is 6. The van der Waals surface area contributed by atoms with E-state index in [4.69, 9.17) is 10.8 Å². The largest absolute Gasteiger partial charge is 0.501 e. The molecule has 21 heavy (non-hydrogen) atoms. The van der Waals surface area contributed by atoms with E-state index in [1.165, 1.54) is 23.9 Å². The topological polar surface area (TPSA) is 97.5 Å². The van der Waals surface area contributed by atoms with Gasteiger partial charge >= 0.3 is 11.5 Å². The fraction of sp³-hybridized carbons (Fsp3) is 0.364. The number of sulfone groups is 1. The molecule has 0 unspecified atom stereocenters. The number of carboxylic acid groups (broad SMARTS) is 1. The third kappa shape index (κ3) is 4.61. The molecule has 0 saturated heterocycles. The summed E-state index contributed by atoms with van der Waals surface area (Å²) < 4.78 is 59.2. The minimum absolute atomic E-state index is 0.137. The van der Waals surface area contributed by atoms with Gasteiger partial charge in [-0.25, -0.2) is 8.42 Å². The van der Waals surface area contributed by atoms with E-state index in [1.807, 2.05) is 0 Å². The Morgan fingerprint density at radius 1 is 1.29 bits per heavy atom. The van der Waals surface area contributed by atoms with Gasteiger partial charge in [0.25, 0.3) is 9.84 Å². The Bertz CT molecular complexity index is 599. The minimum Gasteiger partial charge on any atom is -0.480 e. The average Bonchev–Trinajstić information content (AvgIpc) is 2.37. The summed E-state index contributed by atoms with van der Waals surface area (Å²) in [6.07, 6.45) is 0. The Balaban J connectivity index is 2.70. The lowest BCUT2D eigenvalue weighted by Crippen LogP contribution is -2.32. The van der Waals surface area contributed by atoms with Crippen molar-refractivity contribution in [3.05, 3.63) is 29.8 Å². The van der Waals surface area contributed by atoms with Crippen LogP contribution in [0.1, 0.15) is 5.56 Å². The predicted molar refractivity (Wildman–Crippen MR) is 71.5 cm³/mol. The van der Waals surface area contributed by atoms with Crippen molar-refractivity contribution >= 4 is 27.6 Å². The minimum atomic E-state index is -5.34. The quantitative estimate of drug-likeness (QED) is 0.815. The van der Waals surface area contributed by atoms with E-state index in [-0.39, 0.29) is 5.75 Å². The molecule has 1 aromatic carbocycles. The Morgan fingerprint density at radius 3 is 2.24 bits per heavy atom. The monoisotopic (exact) mass is 343 g/mol. The molecular weight excluding hydrogens is 331 g/mol. The summed E-state index contributed by atoms with van der Waals surface area (Å²) in [7, 11) is -5.34. The smallest absolute Gasteiger partial charge is 0.480 e. The number of thioether (sulfide) groups is 1. The zero-order valence-corrected chi connectivity index (χ0v) is 12.1. The van der Waals surface area contributed by atoms with Crippen LogP contribution in [0.15, 0.2) is 29.2 Å². The first kappa shape index (κ1) is 17.8. The number of carbonyl (C=O) groups is 1. The highest BCUT2D eigenvalue weighted by Crippen LogP contribution is 2.30. The highest BCUT2D eigenvalue weighted by molar-refractivity contribution is 7.98. The second kappa shape index (κ2) is 6.67. The lowest BCUT2D eigenvalue weighted by Gasteiger charge is -2.09. The second-order valence-electron chi connectivity index (χ2n) is 4.05. The number of aliphatic carboxylic acids is 1. The number of alkyl halides is 3. The van der Waals surface area contributed by atoms with Crippen LogP contribution in [-0.4, -0.2) is 36.8 Å². The van der Waals surface area contributed by atoms with Gasteiger partial charge in [0, 0.05) is 11.5 Å². The summed E-state index contributed by atoms with van der Waals surface area (Å²) in [6.45, 7) is 0. The van der Waals surface area contributed by atoms with Crippen LogP contribution in [0, 0.1) is 0 Å². The van der Waals surface area contributed by atoms with E-state index in [1.54, 1.807) is 0 Å². The van der Waals surface area contributed by atoms with Crippen LogP contribution in [-0.2, 0) is 20.4 Å². The molecule has 118 valence electrons. The standard InChI is InChI=1S/C11H12F3NO4S2/c12-11(13,14)21(18,19)8-3-1-7(2-4-8)5-20-6-9(15)10(16)17/h1-4,9H,5-6,15H2,(H,16,17)/t9-/m0/s1. The molecule has 10 heteroatoms. The molecule has 0 aliphatic carbocycles. The molecule has 0 spiro atoms. The molecule has 0 fully saturated rings. The zero-order chi connectivity index (χ0) is 16.3. The number of hydrogen-bond donors (Lipinski definition) is 2. The molecule has 3 N–H and O–H groups in total. The first-order valence-electron chi connectivity index (χ1n) is 5.52. The summed E-state index contributed by atoms with van der Waals surface area (Å²) in [4.78, 5) is 9.65. The molecule has 0 amide bonds. The van der Waals surface area contributed by atoms with Crippen molar-refractivity contribution in [2.24, 2.45) is 5.73 Å². The Labute approximate surface area is 123 Å². The molecule has 1 aromatic rings. The Morgan fingerprint density at radius 2 is 1.81 bits per heavy atom. The van der Waals surface area contributed by atoms with Gasteiger partial charge in [-0.2, -0.15) is 24.9 Å². The molecule has 5 nitrogen and oxygen atoms in total. The van der Waals surface area contributed by atoms with Crippen LogP contribution >= 0.6 is 11.8 Å².